The Morgan fingerprint density at radius 3 is 2.46 bits per heavy atom. The maximum absolute atomic E-state index is 12.8. The van der Waals surface area contributed by atoms with Crippen molar-refractivity contribution in [3.63, 3.8) is 0 Å². The number of amides is 2. The second-order valence-electron chi connectivity index (χ2n) is 9.36. The lowest BCUT2D eigenvalue weighted by Crippen LogP contribution is -2.56. The Kier molecular flexibility index (Phi) is 9.35. The van der Waals surface area contributed by atoms with E-state index < -0.39 is 0 Å². The van der Waals surface area contributed by atoms with Gasteiger partial charge in [-0.15, -0.1) is 10.2 Å². The highest BCUT2D eigenvalue weighted by molar-refractivity contribution is 7.99. The number of benzene rings is 2. The van der Waals surface area contributed by atoms with Crippen molar-refractivity contribution >= 4 is 23.6 Å². The molecule has 0 aliphatic carbocycles. The van der Waals surface area contributed by atoms with Gasteiger partial charge in [0.05, 0.1) is 0 Å². The zero-order chi connectivity index (χ0) is 26.2. The van der Waals surface area contributed by atoms with Crippen molar-refractivity contribution < 1.29 is 14.3 Å². The number of rotatable bonds is 10. The van der Waals surface area contributed by atoms with Gasteiger partial charge in [-0.3, -0.25) is 14.2 Å². The number of ether oxygens (including phenoxy) is 1. The number of thioether (sulfide) groups is 1. The van der Waals surface area contributed by atoms with E-state index in [-0.39, 0.29) is 24.5 Å². The summed E-state index contributed by atoms with van der Waals surface area (Å²) in [5.41, 5.74) is 3.25. The molecule has 37 heavy (non-hydrogen) atoms. The van der Waals surface area contributed by atoms with Crippen LogP contribution >= 0.6 is 11.8 Å². The highest BCUT2D eigenvalue weighted by Gasteiger charge is 2.29. The number of para-hydroxylation sites is 1. The molecule has 9 heteroatoms. The van der Waals surface area contributed by atoms with E-state index in [2.05, 4.69) is 58.1 Å². The fraction of sp³-hybridized carbons (Fsp3) is 0.429. The Balaban J connectivity index is 1.30. The summed E-state index contributed by atoms with van der Waals surface area (Å²) in [5, 5.41) is 9.86. The van der Waals surface area contributed by atoms with E-state index in [4.69, 9.17) is 4.74 Å². The number of piperazine rings is 1. The minimum absolute atomic E-state index is 0.00276. The lowest BCUT2D eigenvalue weighted by atomic mass is 10.1. The van der Waals surface area contributed by atoms with Crippen LogP contribution in [0.2, 0.25) is 0 Å². The third-order valence-corrected chi connectivity index (χ3v) is 7.56. The van der Waals surface area contributed by atoms with E-state index >= 15 is 0 Å². The zero-order valence-corrected chi connectivity index (χ0v) is 22.6. The summed E-state index contributed by atoms with van der Waals surface area (Å²) in [4.78, 5) is 28.6. The van der Waals surface area contributed by atoms with Crippen LogP contribution in [-0.4, -0.2) is 81.5 Å². The molecule has 0 radical (unpaired) electrons. The zero-order valence-electron chi connectivity index (χ0n) is 21.8. The average Bonchev–Trinajstić information content (AvgIpc) is 3.33. The van der Waals surface area contributed by atoms with E-state index in [1.807, 2.05) is 30.0 Å². The maximum Gasteiger partial charge on any atom is 0.248 e. The summed E-state index contributed by atoms with van der Waals surface area (Å²) in [6.07, 6.45) is 2.23. The van der Waals surface area contributed by atoms with Crippen molar-refractivity contribution in [2.75, 3.05) is 39.1 Å². The average molecular weight is 522 g/mol. The van der Waals surface area contributed by atoms with Crippen LogP contribution in [0.4, 0.5) is 0 Å². The van der Waals surface area contributed by atoms with Crippen LogP contribution in [-0.2, 0) is 14.3 Å². The molecule has 196 valence electrons. The van der Waals surface area contributed by atoms with E-state index in [9.17, 15) is 9.59 Å². The van der Waals surface area contributed by atoms with Gasteiger partial charge in [-0.05, 0) is 38.8 Å². The van der Waals surface area contributed by atoms with Crippen LogP contribution < -0.4 is 0 Å². The number of carbonyl (C=O) groups excluding carboxylic acids is 2. The largest absolute Gasteiger partial charge is 0.375 e. The first kappa shape index (κ1) is 26.9. The molecule has 1 saturated heterocycles. The number of aromatic nitrogens is 3. The normalized spacial score (nSPS) is 15.7. The molecule has 2 aromatic carbocycles. The second-order valence-corrected chi connectivity index (χ2v) is 10.4. The van der Waals surface area contributed by atoms with Crippen LogP contribution in [0.3, 0.4) is 0 Å². The summed E-state index contributed by atoms with van der Waals surface area (Å²) in [7, 11) is 1.52. The second kappa shape index (κ2) is 12.9. The van der Waals surface area contributed by atoms with Gasteiger partial charge in [0.1, 0.15) is 6.61 Å². The smallest absolute Gasteiger partial charge is 0.248 e. The number of methoxy groups -OCH3 is 1. The van der Waals surface area contributed by atoms with Crippen LogP contribution in [0.25, 0.3) is 17.1 Å². The van der Waals surface area contributed by atoms with Crippen LogP contribution in [0.15, 0.2) is 59.8 Å². The monoisotopic (exact) mass is 521 g/mol. The quantitative estimate of drug-likeness (QED) is 0.294. The SMILES string of the molecule is COCC(=O)N1CCN(C(=O)CCCCSc2nnc(-c3ccc(C)cc3)n2-c2ccccc2)CC1C. The first-order valence-electron chi connectivity index (χ1n) is 12.7. The molecule has 1 fully saturated rings. The van der Waals surface area contributed by atoms with Gasteiger partial charge in [0, 0.05) is 56.2 Å². The Morgan fingerprint density at radius 1 is 1.00 bits per heavy atom. The molecule has 8 nitrogen and oxygen atoms in total. The molecular weight excluding hydrogens is 486 g/mol. The molecule has 2 amide bonds. The Morgan fingerprint density at radius 2 is 1.76 bits per heavy atom. The molecular formula is C28H35N5O3S. The van der Waals surface area contributed by atoms with Gasteiger partial charge >= 0.3 is 0 Å². The number of nitrogens with zero attached hydrogens (tertiary/aromatic N) is 5. The van der Waals surface area contributed by atoms with Crippen molar-refractivity contribution in [1.82, 2.24) is 24.6 Å². The summed E-state index contributed by atoms with van der Waals surface area (Å²) < 4.78 is 7.07. The Hall–Kier alpha value is -3.17. The van der Waals surface area contributed by atoms with Gasteiger partial charge in [-0.2, -0.15) is 0 Å². The van der Waals surface area contributed by atoms with Gasteiger partial charge < -0.3 is 14.5 Å². The third-order valence-electron chi connectivity index (χ3n) is 6.54. The highest BCUT2D eigenvalue weighted by Crippen LogP contribution is 2.28. The standard InChI is InChI=1S/C28H35N5O3S/c1-21-12-14-23(15-13-21)27-29-30-28(33(27)24-9-5-4-6-10-24)37-18-8-7-11-25(34)31-16-17-32(22(2)19-31)26(35)20-36-3/h4-6,9-10,12-15,22H,7-8,11,16-20H2,1-3H3. The fourth-order valence-electron chi connectivity index (χ4n) is 4.52. The van der Waals surface area contributed by atoms with Crippen molar-refractivity contribution in [3.8, 4) is 17.1 Å². The molecule has 0 saturated carbocycles. The molecule has 0 N–H and O–H groups in total. The van der Waals surface area contributed by atoms with Crippen molar-refractivity contribution in [2.45, 2.75) is 44.3 Å². The summed E-state index contributed by atoms with van der Waals surface area (Å²) >= 11 is 1.66. The fourth-order valence-corrected chi connectivity index (χ4v) is 5.47. The first-order chi connectivity index (χ1) is 18.0. The minimum Gasteiger partial charge on any atom is -0.375 e. The lowest BCUT2D eigenvalue weighted by Gasteiger charge is -2.39. The van der Waals surface area contributed by atoms with E-state index in [1.165, 1.54) is 12.7 Å². The molecule has 1 aromatic heterocycles. The van der Waals surface area contributed by atoms with E-state index in [0.717, 1.165) is 40.8 Å². The van der Waals surface area contributed by atoms with Gasteiger partial charge in [-0.1, -0.05) is 59.8 Å². The lowest BCUT2D eigenvalue weighted by molar-refractivity contribution is -0.145. The Bertz CT molecular complexity index is 1180. The molecule has 3 aromatic rings. The number of hydrogen-bond donors (Lipinski definition) is 0. The third kappa shape index (κ3) is 6.78. The van der Waals surface area contributed by atoms with Gasteiger partial charge in [0.25, 0.3) is 0 Å². The summed E-state index contributed by atoms with van der Waals surface area (Å²) in [6, 6.07) is 18.5. The molecule has 0 spiro atoms. The predicted molar refractivity (Wildman–Crippen MR) is 146 cm³/mol. The summed E-state index contributed by atoms with van der Waals surface area (Å²) in [6.45, 7) is 5.85. The minimum atomic E-state index is -0.0204. The van der Waals surface area contributed by atoms with Crippen LogP contribution in [0.5, 0.6) is 0 Å². The molecule has 1 aliphatic rings. The topological polar surface area (TPSA) is 80.6 Å². The summed E-state index contributed by atoms with van der Waals surface area (Å²) in [5.74, 6) is 1.81. The predicted octanol–water partition coefficient (Wildman–Crippen LogP) is 4.21. The number of carbonyl (C=O) groups is 2. The molecule has 1 aliphatic heterocycles. The van der Waals surface area contributed by atoms with Crippen molar-refractivity contribution in [2.24, 2.45) is 0 Å². The van der Waals surface area contributed by atoms with Crippen LogP contribution in [0.1, 0.15) is 31.7 Å². The van der Waals surface area contributed by atoms with Crippen molar-refractivity contribution in [1.29, 1.82) is 0 Å². The molecule has 1 unspecified atom stereocenters. The Labute approximate surface area is 223 Å². The number of aryl methyl sites for hydroxylation is 1. The number of hydrogen-bond acceptors (Lipinski definition) is 6. The molecule has 2 heterocycles. The highest BCUT2D eigenvalue weighted by atomic mass is 32.2. The van der Waals surface area contributed by atoms with Gasteiger partial charge in [0.15, 0.2) is 11.0 Å². The van der Waals surface area contributed by atoms with Crippen LogP contribution in [0, 0.1) is 6.92 Å². The first-order valence-corrected chi connectivity index (χ1v) is 13.7. The maximum atomic E-state index is 12.8. The molecule has 0 bridgehead atoms. The molecule has 4 rings (SSSR count). The van der Waals surface area contributed by atoms with Gasteiger partial charge in [-0.25, -0.2) is 0 Å². The van der Waals surface area contributed by atoms with E-state index in [1.54, 1.807) is 16.7 Å². The van der Waals surface area contributed by atoms with Gasteiger partial charge in [0.2, 0.25) is 11.8 Å². The van der Waals surface area contributed by atoms with E-state index in [0.29, 0.717) is 26.1 Å². The molecule has 1 atom stereocenters. The number of unbranched alkanes of at least 4 members (excludes halogenated alkanes) is 1. The van der Waals surface area contributed by atoms with Crippen molar-refractivity contribution in [3.05, 3.63) is 60.2 Å².